The number of hydrogen-bond acceptors (Lipinski definition) is 5. The second-order valence-electron chi connectivity index (χ2n) is 11.0. The fraction of sp³-hybridized carbons (Fsp3) is 0.333. The summed E-state index contributed by atoms with van der Waals surface area (Å²) in [6, 6.07) is 19.1. The Hall–Kier alpha value is -3.69. The predicted octanol–water partition coefficient (Wildman–Crippen LogP) is 4.66. The molecule has 1 fully saturated rings. The molecule has 9 heteroatoms. The summed E-state index contributed by atoms with van der Waals surface area (Å²) in [6.07, 6.45) is -1.16. The first kappa shape index (κ1) is 26.9. The summed E-state index contributed by atoms with van der Waals surface area (Å²) in [5.74, 6) is -2.10. The lowest BCUT2D eigenvalue weighted by Crippen LogP contribution is -2.44. The molecule has 1 aliphatic carbocycles. The molecule has 202 valence electrons. The van der Waals surface area contributed by atoms with Crippen molar-refractivity contribution in [2.45, 2.75) is 57.3 Å². The highest BCUT2D eigenvalue weighted by Crippen LogP contribution is 2.44. The molecule has 2 aliphatic rings. The average Bonchev–Trinajstić information content (AvgIpc) is 3.32. The van der Waals surface area contributed by atoms with Gasteiger partial charge in [0.15, 0.2) is 0 Å². The van der Waals surface area contributed by atoms with Crippen LogP contribution in [-0.4, -0.2) is 48.1 Å². The third kappa shape index (κ3) is 5.04. The number of hydrogen-bond donors (Lipinski definition) is 2. The molecule has 1 aliphatic heterocycles. The van der Waals surface area contributed by atoms with E-state index in [2.05, 4.69) is 5.32 Å². The molecule has 5 rings (SSSR count). The molecule has 0 spiro atoms. The number of ether oxygens (including phenoxy) is 1. The molecule has 1 amide bonds. The highest BCUT2D eigenvalue weighted by molar-refractivity contribution is 6.62. The van der Waals surface area contributed by atoms with E-state index in [-0.39, 0.29) is 30.0 Å². The Labute approximate surface area is 227 Å². The van der Waals surface area contributed by atoms with Gasteiger partial charge in [-0.15, -0.1) is 0 Å². The van der Waals surface area contributed by atoms with E-state index in [1.807, 2.05) is 76.2 Å². The quantitative estimate of drug-likeness (QED) is 0.431. The van der Waals surface area contributed by atoms with Gasteiger partial charge in [0.1, 0.15) is 18.5 Å². The zero-order valence-electron chi connectivity index (χ0n) is 22.4. The first-order valence-corrected chi connectivity index (χ1v) is 13.0. The molecule has 39 heavy (non-hydrogen) atoms. The number of benzene rings is 3. The van der Waals surface area contributed by atoms with Crippen LogP contribution in [0.4, 0.5) is 9.18 Å². The van der Waals surface area contributed by atoms with Crippen molar-refractivity contribution in [3.8, 4) is 11.1 Å². The van der Waals surface area contributed by atoms with Crippen LogP contribution in [0.2, 0.25) is 0 Å². The standard InChI is InChI=1S/C30H31BFNO6/c1-29(2)30(3,4)39-31(38-29)24-15-9-10-18(26(24)32)16-25(27(34)35)33-28(36)37-17-23-21-13-7-5-11-19(21)20-12-6-8-14-22(20)23/h5-15,23,25H,16-17H2,1-4H3,(H,33,36)(H,34,35)/t25-/m0/s1. The van der Waals surface area contributed by atoms with Crippen molar-refractivity contribution in [2.24, 2.45) is 0 Å². The molecule has 1 heterocycles. The molecule has 0 radical (unpaired) electrons. The molecule has 0 unspecified atom stereocenters. The fourth-order valence-corrected chi connectivity index (χ4v) is 5.11. The molecule has 7 nitrogen and oxygen atoms in total. The fourth-order valence-electron chi connectivity index (χ4n) is 5.11. The molecule has 1 atom stereocenters. The van der Waals surface area contributed by atoms with Crippen molar-refractivity contribution in [3.63, 3.8) is 0 Å². The molecule has 2 N–H and O–H groups in total. The SMILES string of the molecule is CC1(C)OB(c2cccc(C[C@H](NC(=O)OCC3c4ccccc4-c4ccccc43)C(=O)O)c2F)OC1(C)C. The number of fused-ring (bicyclic) bond motifs is 3. The number of amides is 1. The number of rotatable bonds is 7. The Kier molecular flexibility index (Phi) is 6.99. The summed E-state index contributed by atoms with van der Waals surface area (Å²) in [7, 11) is -0.937. The maximum absolute atomic E-state index is 15.5. The minimum absolute atomic E-state index is 0.0397. The Bertz CT molecular complexity index is 1360. The molecule has 1 saturated heterocycles. The number of halogens is 1. The number of carboxylic acids is 1. The Morgan fingerprint density at radius 3 is 2.08 bits per heavy atom. The van der Waals surface area contributed by atoms with Crippen molar-refractivity contribution in [1.29, 1.82) is 0 Å². The summed E-state index contributed by atoms with van der Waals surface area (Å²) in [5, 5.41) is 12.2. The summed E-state index contributed by atoms with van der Waals surface area (Å²) in [6.45, 7) is 7.51. The van der Waals surface area contributed by atoms with Gasteiger partial charge in [-0.1, -0.05) is 66.7 Å². The molecular formula is C30H31BFNO6. The van der Waals surface area contributed by atoms with Gasteiger partial charge in [-0.2, -0.15) is 0 Å². The van der Waals surface area contributed by atoms with Crippen LogP contribution in [0.25, 0.3) is 11.1 Å². The average molecular weight is 531 g/mol. The summed E-state index contributed by atoms with van der Waals surface area (Å²) in [4.78, 5) is 24.7. The van der Waals surface area contributed by atoms with E-state index in [1.54, 1.807) is 12.1 Å². The number of aliphatic carboxylic acids is 1. The van der Waals surface area contributed by atoms with E-state index in [0.717, 1.165) is 22.3 Å². The molecule has 0 aromatic heterocycles. The van der Waals surface area contributed by atoms with Gasteiger partial charge < -0.3 is 24.5 Å². The number of alkyl carbamates (subject to hydrolysis) is 1. The van der Waals surface area contributed by atoms with Crippen LogP contribution < -0.4 is 10.8 Å². The van der Waals surface area contributed by atoms with Crippen LogP contribution in [0.1, 0.15) is 50.3 Å². The van der Waals surface area contributed by atoms with Gasteiger partial charge in [0.25, 0.3) is 0 Å². The Balaban J connectivity index is 1.27. The summed E-state index contributed by atoms with van der Waals surface area (Å²) < 4.78 is 32.9. The lowest BCUT2D eigenvalue weighted by atomic mass is 9.77. The highest BCUT2D eigenvalue weighted by Gasteiger charge is 2.52. The van der Waals surface area contributed by atoms with Crippen LogP contribution in [0.5, 0.6) is 0 Å². The molecular weight excluding hydrogens is 500 g/mol. The van der Waals surface area contributed by atoms with Gasteiger partial charge in [0.05, 0.1) is 11.2 Å². The van der Waals surface area contributed by atoms with Gasteiger partial charge in [0, 0.05) is 17.8 Å². The van der Waals surface area contributed by atoms with E-state index in [0.29, 0.717) is 0 Å². The highest BCUT2D eigenvalue weighted by atomic mass is 19.1. The minimum Gasteiger partial charge on any atom is -0.480 e. The van der Waals surface area contributed by atoms with Crippen molar-refractivity contribution in [3.05, 3.63) is 89.2 Å². The van der Waals surface area contributed by atoms with E-state index in [4.69, 9.17) is 14.0 Å². The Morgan fingerprint density at radius 2 is 1.51 bits per heavy atom. The van der Waals surface area contributed by atoms with Crippen molar-refractivity contribution < 1.29 is 33.1 Å². The van der Waals surface area contributed by atoms with Crippen molar-refractivity contribution >= 4 is 24.6 Å². The van der Waals surface area contributed by atoms with Crippen LogP contribution in [0, 0.1) is 5.82 Å². The third-order valence-corrected chi connectivity index (χ3v) is 7.97. The second-order valence-corrected chi connectivity index (χ2v) is 11.0. The van der Waals surface area contributed by atoms with Gasteiger partial charge in [-0.3, -0.25) is 0 Å². The van der Waals surface area contributed by atoms with Gasteiger partial charge >= 0.3 is 19.2 Å². The largest absolute Gasteiger partial charge is 0.497 e. The van der Waals surface area contributed by atoms with Crippen LogP contribution in [0.15, 0.2) is 66.7 Å². The smallest absolute Gasteiger partial charge is 0.480 e. The maximum Gasteiger partial charge on any atom is 0.497 e. The van der Waals surface area contributed by atoms with Crippen LogP contribution >= 0.6 is 0 Å². The number of nitrogens with one attached hydrogen (secondary N) is 1. The maximum atomic E-state index is 15.5. The van der Waals surface area contributed by atoms with E-state index in [9.17, 15) is 14.7 Å². The first-order chi connectivity index (χ1) is 18.5. The monoisotopic (exact) mass is 531 g/mol. The van der Waals surface area contributed by atoms with Crippen LogP contribution in [-0.2, 0) is 25.3 Å². The third-order valence-electron chi connectivity index (χ3n) is 7.97. The van der Waals surface area contributed by atoms with Crippen molar-refractivity contribution in [1.82, 2.24) is 5.32 Å². The van der Waals surface area contributed by atoms with Gasteiger partial charge in [0.2, 0.25) is 0 Å². The molecule has 0 bridgehead atoms. The van der Waals surface area contributed by atoms with E-state index in [1.165, 1.54) is 6.07 Å². The lowest BCUT2D eigenvalue weighted by Gasteiger charge is -2.32. The number of carbonyl (C=O) groups is 2. The molecule has 3 aromatic rings. The van der Waals surface area contributed by atoms with E-state index < -0.39 is 42.2 Å². The van der Waals surface area contributed by atoms with Gasteiger partial charge in [-0.25, -0.2) is 14.0 Å². The van der Waals surface area contributed by atoms with Crippen LogP contribution in [0.3, 0.4) is 0 Å². The summed E-state index contributed by atoms with van der Waals surface area (Å²) >= 11 is 0. The zero-order chi connectivity index (χ0) is 27.9. The van der Waals surface area contributed by atoms with E-state index >= 15 is 4.39 Å². The number of carboxylic acid groups (broad SMARTS) is 1. The van der Waals surface area contributed by atoms with Gasteiger partial charge in [-0.05, 0) is 55.5 Å². The first-order valence-electron chi connectivity index (χ1n) is 13.0. The topological polar surface area (TPSA) is 94.1 Å². The Morgan fingerprint density at radius 1 is 0.949 bits per heavy atom. The molecule has 3 aromatic carbocycles. The normalized spacial score (nSPS) is 17.8. The summed E-state index contributed by atoms with van der Waals surface area (Å²) in [5.41, 5.74) is 3.24. The number of carbonyl (C=O) groups excluding carboxylic acids is 1. The van der Waals surface area contributed by atoms with Crippen molar-refractivity contribution in [2.75, 3.05) is 6.61 Å². The second kappa shape index (κ2) is 10.1. The molecule has 0 saturated carbocycles. The lowest BCUT2D eigenvalue weighted by molar-refractivity contribution is -0.139. The zero-order valence-corrected chi connectivity index (χ0v) is 22.4. The minimum atomic E-state index is -1.40. The predicted molar refractivity (Wildman–Crippen MR) is 145 cm³/mol.